The number of aromatic nitrogens is 1. The molecule has 4 fully saturated rings. The van der Waals surface area contributed by atoms with Crippen LogP contribution in [0.4, 0.5) is 4.79 Å². The number of nitrogens with zero attached hydrogens (tertiary/aromatic N) is 2. The molecule has 6 atom stereocenters. The highest BCUT2D eigenvalue weighted by Crippen LogP contribution is 2.71. The number of ether oxygens (including phenoxy) is 3. The van der Waals surface area contributed by atoms with Gasteiger partial charge in [0.05, 0.1) is 31.0 Å². The fourth-order valence-electron chi connectivity index (χ4n) is 9.37. The van der Waals surface area contributed by atoms with E-state index >= 15 is 0 Å². The van der Waals surface area contributed by atoms with Gasteiger partial charge in [-0.15, -0.1) is 0 Å². The van der Waals surface area contributed by atoms with Crippen molar-refractivity contribution in [2.75, 3.05) is 13.7 Å². The molecular formula is C46H55N4O8P. The molecule has 3 heterocycles. The summed E-state index contributed by atoms with van der Waals surface area (Å²) in [5, 5.41) is 5.43. The molecule has 0 bridgehead atoms. The van der Waals surface area contributed by atoms with Crippen molar-refractivity contribution in [1.29, 1.82) is 0 Å². The lowest BCUT2D eigenvalue weighted by atomic mass is 10.0. The van der Waals surface area contributed by atoms with Crippen molar-refractivity contribution >= 4 is 36.2 Å². The standard InChI is InChI=1S/C46H55N4O8P/c1-56-35-23-24-37-40(25-35)47-39(32-17-9-6-10-18-32)27-42(37)57-36-26-41-43(51)49-46(59(54,55)30-31-15-7-5-8-16-31)28-33(46)19-11-3-2-4-12-22-38(44(52)50(41)29-36)48-45(53)58-34-20-13-14-21-34/h5-10,15-18,23-25,27,33-34,36,38,41H,2-4,11-14,19-22,26,28-30H2,1H3,(H,48,53)(H,49,51)(H,54,55)/t33-,36-,38+,41+,46+/m1/s1. The lowest BCUT2D eigenvalue weighted by molar-refractivity contribution is -0.140. The molecule has 1 aromatic heterocycles. The highest BCUT2D eigenvalue weighted by molar-refractivity contribution is 7.59. The van der Waals surface area contributed by atoms with Crippen molar-refractivity contribution in [3.63, 3.8) is 0 Å². The minimum atomic E-state index is -3.99. The van der Waals surface area contributed by atoms with Gasteiger partial charge in [-0.25, -0.2) is 9.78 Å². The zero-order chi connectivity index (χ0) is 41.0. The first-order valence-corrected chi connectivity index (χ1v) is 23.1. The summed E-state index contributed by atoms with van der Waals surface area (Å²) in [4.78, 5) is 61.2. The van der Waals surface area contributed by atoms with Crippen LogP contribution in [0.2, 0.25) is 0 Å². The smallest absolute Gasteiger partial charge is 0.408 e. The first-order chi connectivity index (χ1) is 28.6. The maximum Gasteiger partial charge on any atom is 0.408 e. The number of carbonyl (C=O) groups is 3. The van der Waals surface area contributed by atoms with Crippen LogP contribution in [0.25, 0.3) is 22.2 Å². The fraction of sp³-hybridized carbons (Fsp3) is 0.478. The number of pyridine rings is 1. The van der Waals surface area contributed by atoms with Gasteiger partial charge in [-0.1, -0.05) is 92.8 Å². The van der Waals surface area contributed by atoms with Crippen LogP contribution >= 0.6 is 7.37 Å². The van der Waals surface area contributed by atoms with Crippen LogP contribution in [-0.2, 0) is 25.1 Å². The third kappa shape index (κ3) is 9.14. The maximum atomic E-state index is 14.8. The molecule has 3 N–H and O–H groups in total. The van der Waals surface area contributed by atoms with Crippen molar-refractivity contribution in [2.45, 2.75) is 119 Å². The van der Waals surface area contributed by atoms with Crippen molar-refractivity contribution < 1.29 is 38.1 Å². The van der Waals surface area contributed by atoms with Gasteiger partial charge in [0.1, 0.15) is 41.1 Å². The maximum absolute atomic E-state index is 14.8. The summed E-state index contributed by atoms with van der Waals surface area (Å²) in [6.07, 6.45) is 8.00. The second-order valence-electron chi connectivity index (χ2n) is 16.8. The minimum absolute atomic E-state index is 0.0602. The first kappa shape index (κ1) is 40.8. The Labute approximate surface area is 345 Å². The number of hydrogen-bond acceptors (Lipinski definition) is 8. The first-order valence-electron chi connectivity index (χ1n) is 21.3. The normalized spacial score (nSPS) is 26.4. The van der Waals surface area contributed by atoms with Crippen molar-refractivity contribution in [1.82, 2.24) is 20.5 Å². The molecular weight excluding hydrogens is 767 g/mol. The van der Waals surface area contributed by atoms with E-state index < -0.39 is 48.7 Å². The van der Waals surface area contributed by atoms with Crippen molar-refractivity contribution in [3.8, 4) is 22.8 Å². The molecule has 4 aromatic rings. The van der Waals surface area contributed by atoms with Crippen molar-refractivity contribution in [2.24, 2.45) is 5.92 Å². The molecule has 2 saturated carbocycles. The number of methoxy groups -OCH3 is 1. The Kier molecular flexibility index (Phi) is 12.3. The number of rotatable bonds is 9. The lowest BCUT2D eigenvalue weighted by Crippen LogP contribution is -2.55. The van der Waals surface area contributed by atoms with Crippen molar-refractivity contribution in [3.05, 3.63) is 90.5 Å². The van der Waals surface area contributed by atoms with E-state index in [9.17, 15) is 23.8 Å². The predicted octanol–water partition coefficient (Wildman–Crippen LogP) is 8.34. The molecule has 2 saturated heterocycles. The van der Waals surface area contributed by atoms with Gasteiger partial charge < -0.3 is 34.6 Å². The largest absolute Gasteiger partial charge is 0.497 e. The SMILES string of the molecule is COc1ccc2c(O[C@@H]3C[C@H]4C(=O)N[C@]5(P(=O)(O)Cc6ccccc6)C[C@H]5CCCCCCC[C@H](NC(=O)OC5CCCC5)C(=O)N4C3)cc(-c3ccccc3)nc2c1. The molecule has 8 rings (SSSR count). The number of amides is 3. The topological polar surface area (TPSA) is 156 Å². The van der Waals surface area contributed by atoms with Gasteiger partial charge in [-0.2, -0.15) is 0 Å². The zero-order valence-corrected chi connectivity index (χ0v) is 34.6. The molecule has 0 radical (unpaired) electrons. The Hall–Kier alpha value is -4.93. The number of nitrogens with one attached hydrogen (secondary N) is 2. The van der Waals surface area contributed by atoms with Gasteiger partial charge in [0.2, 0.25) is 19.2 Å². The van der Waals surface area contributed by atoms with Gasteiger partial charge in [0.25, 0.3) is 0 Å². The highest BCUT2D eigenvalue weighted by Gasteiger charge is 2.66. The molecule has 2 aliphatic heterocycles. The number of alkyl carbamates (subject to hydrolysis) is 1. The average molecular weight is 823 g/mol. The number of fused-ring (bicyclic) bond motifs is 3. The van der Waals surface area contributed by atoms with E-state index in [1.807, 2.05) is 84.9 Å². The van der Waals surface area contributed by atoms with Gasteiger partial charge >= 0.3 is 6.09 Å². The van der Waals surface area contributed by atoms with E-state index in [2.05, 4.69) is 10.6 Å². The highest BCUT2D eigenvalue weighted by atomic mass is 31.2. The summed E-state index contributed by atoms with van der Waals surface area (Å²) < 4.78 is 32.6. The predicted molar refractivity (Wildman–Crippen MR) is 225 cm³/mol. The van der Waals surface area contributed by atoms with E-state index in [0.29, 0.717) is 42.0 Å². The monoisotopic (exact) mass is 822 g/mol. The van der Waals surface area contributed by atoms with Crippen LogP contribution in [0.3, 0.4) is 0 Å². The van der Waals surface area contributed by atoms with Crippen LogP contribution in [0, 0.1) is 5.92 Å². The second kappa shape index (κ2) is 17.7. The van der Waals surface area contributed by atoms with E-state index in [4.69, 9.17) is 19.2 Å². The third-order valence-electron chi connectivity index (χ3n) is 12.7. The van der Waals surface area contributed by atoms with Gasteiger partial charge in [-0.3, -0.25) is 14.2 Å². The number of carbonyl (C=O) groups excluding carboxylic acids is 3. The van der Waals surface area contributed by atoms with E-state index in [1.54, 1.807) is 7.11 Å². The molecule has 3 aromatic carbocycles. The Balaban J connectivity index is 1.12. The third-order valence-corrected chi connectivity index (χ3v) is 15.4. The molecule has 1 unspecified atom stereocenters. The molecule has 12 nitrogen and oxygen atoms in total. The summed E-state index contributed by atoms with van der Waals surface area (Å²) in [5.74, 6) is 0.117. The van der Waals surface area contributed by atoms with E-state index in [0.717, 1.165) is 74.3 Å². The Bertz CT molecular complexity index is 2180. The Morgan fingerprint density at radius 1 is 0.898 bits per heavy atom. The van der Waals surface area contributed by atoms with Gasteiger partial charge in [-0.05, 0) is 68.6 Å². The number of benzene rings is 3. The van der Waals surface area contributed by atoms with Crippen LogP contribution in [0.5, 0.6) is 11.5 Å². The van der Waals surface area contributed by atoms with E-state index in [-0.39, 0.29) is 31.1 Å². The molecule has 2 aliphatic carbocycles. The van der Waals surface area contributed by atoms with Gasteiger partial charge in [0, 0.05) is 29.5 Å². The van der Waals surface area contributed by atoms with Crippen LogP contribution in [0.15, 0.2) is 84.9 Å². The zero-order valence-electron chi connectivity index (χ0n) is 33.7. The minimum Gasteiger partial charge on any atom is -0.497 e. The molecule has 3 amide bonds. The summed E-state index contributed by atoms with van der Waals surface area (Å²) in [6.45, 7) is 0.0602. The molecule has 0 spiro atoms. The molecule has 312 valence electrons. The van der Waals surface area contributed by atoms with Crippen LogP contribution in [0.1, 0.15) is 89.0 Å². The average Bonchev–Trinajstić information content (AvgIpc) is 3.49. The van der Waals surface area contributed by atoms with Crippen LogP contribution in [-0.4, -0.2) is 75.9 Å². The summed E-state index contributed by atoms with van der Waals surface area (Å²) in [5.41, 5.74) is 2.96. The summed E-state index contributed by atoms with van der Waals surface area (Å²) >= 11 is 0. The molecule has 59 heavy (non-hydrogen) atoms. The van der Waals surface area contributed by atoms with Gasteiger partial charge in [0.15, 0.2) is 0 Å². The fourth-order valence-corrected chi connectivity index (χ4v) is 11.8. The molecule has 13 heteroatoms. The number of hydrogen-bond donors (Lipinski definition) is 3. The lowest BCUT2D eigenvalue weighted by Gasteiger charge is -2.31. The Morgan fingerprint density at radius 2 is 1.59 bits per heavy atom. The second-order valence-corrected chi connectivity index (χ2v) is 19.3. The Morgan fingerprint density at radius 3 is 2.34 bits per heavy atom. The quantitative estimate of drug-likeness (QED) is 0.141. The molecule has 4 aliphatic rings. The van der Waals surface area contributed by atoms with E-state index in [1.165, 1.54) is 4.90 Å². The summed E-state index contributed by atoms with van der Waals surface area (Å²) in [7, 11) is -2.39. The van der Waals surface area contributed by atoms with Crippen LogP contribution < -0.4 is 20.1 Å². The summed E-state index contributed by atoms with van der Waals surface area (Å²) in [6, 6.07) is 24.5.